The van der Waals surface area contributed by atoms with E-state index >= 15 is 0 Å². The highest BCUT2D eigenvalue weighted by Crippen LogP contribution is 2.30. The van der Waals surface area contributed by atoms with Gasteiger partial charge in [0.2, 0.25) is 8.32 Å². The van der Waals surface area contributed by atoms with E-state index in [4.69, 9.17) is 4.43 Å². The van der Waals surface area contributed by atoms with Gasteiger partial charge in [-0.25, -0.2) is 0 Å². The highest BCUT2D eigenvalue weighted by Gasteiger charge is 2.33. The number of benzene rings is 1. The van der Waals surface area contributed by atoms with E-state index in [0.717, 1.165) is 5.75 Å². The minimum absolute atomic E-state index is 0.712. The summed E-state index contributed by atoms with van der Waals surface area (Å²) < 4.78 is 6.49. The molecule has 1 rings (SSSR count). The van der Waals surface area contributed by atoms with Gasteiger partial charge in [-0.1, -0.05) is 45.9 Å². The molecule has 0 bridgehead atoms. The van der Waals surface area contributed by atoms with Crippen LogP contribution in [0.4, 0.5) is 0 Å². The van der Waals surface area contributed by atoms with Gasteiger partial charge in [0.1, 0.15) is 5.75 Å². The maximum absolute atomic E-state index is 6.49. The highest BCUT2D eigenvalue weighted by atomic mass is 28.4. The molecule has 18 heavy (non-hydrogen) atoms. The van der Waals surface area contributed by atoms with Crippen LogP contribution in [0.15, 0.2) is 24.3 Å². The first-order chi connectivity index (χ1) is 8.32. The standard InChI is InChI=1S/C16H28OSi/c1-13(2)11-18(6,12-14(3)4)17-16-10-8-7-9-15(16)5/h7-10,13-14H,11-12H2,1-6H3. The Morgan fingerprint density at radius 2 is 1.50 bits per heavy atom. The molecule has 0 aromatic heterocycles. The number of aryl methyl sites for hydroxylation is 1. The van der Waals surface area contributed by atoms with Crippen LogP contribution >= 0.6 is 0 Å². The molecule has 0 saturated heterocycles. The normalized spacial score (nSPS) is 12.2. The Bertz CT molecular complexity index is 361. The van der Waals surface area contributed by atoms with Crippen LogP contribution in [0.1, 0.15) is 33.3 Å². The van der Waals surface area contributed by atoms with Crippen molar-refractivity contribution in [3.05, 3.63) is 29.8 Å². The van der Waals surface area contributed by atoms with Crippen LogP contribution < -0.4 is 4.43 Å². The summed E-state index contributed by atoms with van der Waals surface area (Å²) in [4.78, 5) is 0. The zero-order chi connectivity index (χ0) is 13.8. The molecule has 0 spiro atoms. The molecule has 1 nitrogen and oxygen atoms in total. The molecular formula is C16H28OSi. The van der Waals surface area contributed by atoms with Crippen molar-refractivity contribution >= 4 is 8.32 Å². The van der Waals surface area contributed by atoms with Crippen molar-refractivity contribution in [2.45, 2.75) is 53.3 Å². The van der Waals surface area contributed by atoms with Crippen molar-refractivity contribution in [2.24, 2.45) is 11.8 Å². The molecule has 0 heterocycles. The Kier molecular flexibility index (Phi) is 5.45. The summed E-state index contributed by atoms with van der Waals surface area (Å²) in [5.74, 6) is 2.52. The molecule has 0 unspecified atom stereocenters. The topological polar surface area (TPSA) is 9.23 Å². The van der Waals surface area contributed by atoms with Crippen molar-refractivity contribution in [3.8, 4) is 5.75 Å². The zero-order valence-corrected chi connectivity index (χ0v) is 13.8. The number of hydrogen-bond acceptors (Lipinski definition) is 1. The van der Waals surface area contributed by atoms with Crippen molar-refractivity contribution in [3.63, 3.8) is 0 Å². The molecule has 0 radical (unpaired) electrons. The number of rotatable bonds is 6. The molecule has 0 amide bonds. The lowest BCUT2D eigenvalue weighted by Crippen LogP contribution is -2.40. The Labute approximate surface area is 114 Å². The second kappa shape index (κ2) is 6.42. The maximum Gasteiger partial charge on any atom is 0.248 e. The molecule has 1 aromatic carbocycles. The molecule has 0 aliphatic carbocycles. The minimum atomic E-state index is -1.65. The Balaban J connectivity index is 2.87. The first kappa shape index (κ1) is 15.3. The Hall–Kier alpha value is -0.763. The fourth-order valence-electron chi connectivity index (χ4n) is 2.83. The molecule has 0 atom stereocenters. The molecule has 0 aliphatic rings. The van der Waals surface area contributed by atoms with Gasteiger partial charge in [-0.15, -0.1) is 0 Å². The number of hydrogen-bond donors (Lipinski definition) is 0. The van der Waals surface area contributed by atoms with Crippen molar-refractivity contribution < 1.29 is 4.43 Å². The lowest BCUT2D eigenvalue weighted by molar-refractivity contribution is 0.497. The van der Waals surface area contributed by atoms with Crippen molar-refractivity contribution in [1.29, 1.82) is 0 Å². The Morgan fingerprint density at radius 1 is 1.00 bits per heavy atom. The van der Waals surface area contributed by atoms with Gasteiger partial charge >= 0.3 is 0 Å². The average Bonchev–Trinajstić information content (AvgIpc) is 2.18. The fraction of sp³-hybridized carbons (Fsp3) is 0.625. The van der Waals surface area contributed by atoms with Gasteiger partial charge in [-0.2, -0.15) is 0 Å². The molecule has 0 saturated carbocycles. The molecule has 102 valence electrons. The summed E-state index contributed by atoms with van der Waals surface area (Å²) in [6.07, 6.45) is 0. The van der Waals surface area contributed by atoms with E-state index in [0.29, 0.717) is 11.8 Å². The van der Waals surface area contributed by atoms with Crippen molar-refractivity contribution in [1.82, 2.24) is 0 Å². The van der Waals surface area contributed by atoms with Crippen LogP contribution in [0, 0.1) is 18.8 Å². The molecule has 2 heteroatoms. The number of para-hydroxylation sites is 1. The van der Waals surface area contributed by atoms with Gasteiger partial charge < -0.3 is 4.43 Å². The third-order valence-corrected chi connectivity index (χ3v) is 7.20. The molecular weight excluding hydrogens is 236 g/mol. The largest absolute Gasteiger partial charge is 0.544 e. The summed E-state index contributed by atoms with van der Waals surface area (Å²) in [7, 11) is -1.65. The zero-order valence-electron chi connectivity index (χ0n) is 12.8. The summed E-state index contributed by atoms with van der Waals surface area (Å²) in [5, 5.41) is 0. The van der Waals surface area contributed by atoms with Gasteiger partial charge in [0.15, 0.2) is 0 Å². The summed E-state index contributed by atoms with van der Waals surface area (Å²) >= 11 is 0. The van der Waals surface area contributed by atoms with Crippen LogP contribution in [0.3, 0.4) is 0 Å². The van der Waals surface area contributed by atoms with Crippen molar-refractivity contribution in [2.75, 3.05) is 0 Å². The lowest BCUT2D eigenvalue weighted by Gasteiger charge is -2.32. The quantitative estimate of drug-likeness (QED) is 0.637. The van der Waals surface area contributed by atoms with E-state index in [1.807, 2.05) is 0 Å². The lowest BCUT2D eigenvalue weighted by atomic mass is 10.2. The molecule has 0 N–H and O–H groups in total. The van der Waals surface area contributed by atoms with Gasteiger partial charge in [0.05, 0.1) is 0 Å². The molecule has 0 aliphatic heterocycles. The minimum Gasteiger partial charge on any atom is -0.544 e. The Morgan fingerprint density at radius 3 is 1.94 bits per heavy atom. The highest BCUT2D eigenvalue weighted by molar-refractivity contribution is 6.73. The second-order valence-electron chi connectivity index (χ2n) is 6.51. The third kappa shape index (κ3) is 4.85. The average molecular weight is 264 g/mol. The summed E-state index contributed by atoms with van der Waals surface area (Å²) in [6.45, 7) is 13.7. The first-order valence-electron chi connectivity index (χ1n) is 7.07. The van der Waals surface area contributed by atoms with Crippen LogP contribution in [-0.2, 0) is 0 Å². The fourth-order valence-corrected chi connectivity index (χ4v) is 7.38. The van der Waals surface area contributed by atoms with E-state index in [1.54, 1.807) is 0 Å². The first-order valence-corrected chi connectivity index (χ1v) is 9.89. The van der Waals surface area contributed by atoms with Gasteiger partial charge in [-0.3, -0.25) is 0 Å². The van der Waals surface area contributed by atoms with Gasteiger partial charge in [0, 0.05) is 0 Å². The van der Waals surface area contributed by atoms with E-state index in [1.165, 1.54) is 17.7 Å². The van der Waals surface area contributed by atoms with Crippen LogP contribution in [0.2, 0.25) is 18.6 Å². The monoisotopic (exact) mass is 264 g/mol. The van der Waals surface area contributed by atoms with E-state index in [9.17, 15) is 0 Å². The van der Waals surface area contributed by atoms with Crippen LogP contribution in [0.5, 0.6) is 5.75 Å². The van der Waals surface area contributed by atoms with E-state index < -0.39 is 8.32 Å². The maximum atomic E-state index is 6.49. The SMILES string of the molecule is Cc1ccccc1O[Si](C)(CC(C)C)CC(C)C. The summed E-state index contributed by atoms with van der Waals surface area (Å²) in [6, 6.07) is 10.9. The van der Waals surface area contributed by atoms with Crippen LogP contribution in [0.25, 0.3) is 0 Å². The van der Waals surface area contributed by atoms with E-state index in [2.05, 4.69) is 65.4 Å². The van der Waals surface area contributed by atoms with E-state index in [-0.39, 0.29) is 0 Å². The predicted octanol–water partition coefficient (Wildman–Crippen LogP) is 5.26. The second-order valence-corrected chi connectivity index (χ2v) is 10.4. The summed E-state index contributed by atoms with van der Waals surface area (Å²) in [5.41, 5.74) is 1.25. The van der Waals surface area contributed by atoms with Crippen LogP contribution in [-0.4, -0.2) is 8.32 Å². The van der Waals surface area contributed by atoms with Gasteiger partial charge in [-0.05, 0) is 49.0 Å². The van der Waals surface area contributed by atoms with Gasteiger partial charge in [0.25, 0.3) is 0 Å². The predicted molar refractivity (Wildman–Crippen MR) is 82.7 cm³/mol. The third-order valence-electron chi connectivity index (χ3n) is 3.13. The molecule has 1 aromatic rings. The smallest absolute Gasteiger partial charge is 0.248 e. The molecule has 0 fully saturated rings.